The van der Waals surface area contributed by atoms with Gasteiger partial charge in [0.15, 0.2) is 5.84 Å². The smallest absolute Gasteiger partial charge is 0.283 e. The molecule has 0 spiro atoms. The van der Waals surface area contributed by atoms with Crippen molar-refractivity contribution in [1.29, 1.82) is 5.41 Å². The third kappa shape index (κ3) is 4.19. The molecule has 2 aliphatic rings. The summed E-state index contributed by atoms with van der Waals surface area (Å²) < 4.78 is 2.20. The molecule has 0 unspecified atom stereocenters. The summed E-state index contributed by atoms with van der Waals surface area (Å²) in [5.41, 5.74) is 4.92. The number of halogens is 2. The first-order chi connectivity index (χ1) is 17.9. The summed E-state index contributed by atoms with van der Waals surface area (Å²) in [5, 5.41) is 18.0. The van der Waals surface area contributed by atoms with E-state index in [1.165, 1.54) is 16.8 Å². The van der Waals surface area contributed by atoms with Crippen molar-refractivity contribution in [2.75, 3.05) is 0 Å². The van der Waals surface area contributed by atoms with E-state index in [9.17, 15) is 4.79 Å². The zero-order chi connectivity index (χ0) is 25.7. The van der Waals surface area contributed by atoms with E-state index in [0.717, 1.165) is 33.3 Å². The van der Waals surface area contributed by atoms with Crippen LogP contribution >= 0.6 is 35.0 Å². The maximum Gasteiger partial charge on any atom is 0.283 e. The Bertz CT molecular complexity index is 1700. The molecule has 0 bridgehead atoms. The first-order valence-electron chi connectivity index (χ1n) is 11.5. The molecular weight excluding hydrogens is 525 g/mol. The van der Waals surface area contributed by atoms with Gasteiger partial charge in [-0.1, -0.05) is 71.7 Å². The van der Waals surface area contributed by atoms with Gasteiger partial charge in [0.25, 0.3) is 5.91 Å². The van der Waals surface area contributed by atoms with Gasteiger partial charge < -0.3 is 4.57 Å². The lowest BCUT2D eigenvalue weighted by molar-refractivity contribution is -0.114. The van der Waals surface area contributed by atoms with Crippen molar-refractivity contribution >= 4 is 73.9 Å². The molecule has 1 aromatic heterocycles. The number of aromatic nitrogens is 1. The zero-order valence-corrected chi connectivity index (χ0v) is 21.9. The molecular formula is C28H19Cl2N5OS. The van der Waals surface area contributed by atoms with E-state index in [-0.39, 0.29) is 11.4 Å². The molecule has 3 aromatic carbocycles. The van der Waals surface area contributed by atoms with Gasteiger partial charge in [0.2, 0.25) is 5.17 Å². The number of hydrogen-bond donors (Lipinski definition) is 1. The minimum atomic E-state index is -0.465. The average molecular weight is 544 g/mol. The molecule has 3 heterocycles. The average Bonchev–Trinajstić information content (AvgIpc) is 3.43. The van der Waals surface area contributed by atoms with Crippen molar-refractivity contribution in [3.63, 3.8) is 0 Å². The molecule has 0 radical (unpaired) electrons. The Hall–Kier alpha value is -3.65. The maximum absolute atomic E-state index is 13.1. The van der Waals surface area contributed by atoms with Crippen LogP contribution < -0.4 is 0 Å². The van der Waals surface area contributed by atoms with Gasteiger partial charge in [-0.05, 0) is 54.6 Å². The lowest BCUT2D eigenvalue weighted by Crippen LogP contribution is -2.35. The van der Waals surface area contributed by atoms with Crippen molar-refractivity contribution in [1.82, 2.24) is 9.58 Å². The van der Waals surface area contributed by atoms with Gasteiger partial charge in [0, 0.05) is 39.3 Å². The molecule has 0 fully saturated rings. The minimum Gasteiger partial charge on any atom is -0.340 e. The fourth-order valence-electron chi connectivity index (χ4n) is 4.50. The van der Waals surface area contributed by atoms with Gasteiger partial charge in [0.05, 0.1) is 10.6 Å². The zero-order valence-electron chi connectivity index (χ0n) is 19.6. The molecule has 1 amide bonds. The molecule has 0 aliphatic carbocycles. The van der Waals surface area contributed by atoms with Crippen LogP contribution in [0.25, 0.3) is 17.0 Å². The normalized spacial score (nSPS) is 16.4. The van der Waals surface area contributed by atoms with Crippen molar-refractivity contribution < 1.29 is 4.79 Å². The summed E-state index contributed by atoms with van der Waals surface area (Å²) in [4.78, 5) is 17.4. The van der Waals surface area contributed by atoms with Gasteiger partial charge in [-0.25, -0.2) is 0 Å². The number of para-hydroxylation sites is 1. The number of nitrogens with zero attached hydrogens (tertiary/aromatic N) is 4. The van der Waals surface area contributed by atoms with Crippen LogP contribution in [-0.2, 0) is 11.3 Å². The van der Waals surface area contributed by atoms with E-state index in [1.807, 2.05) is 67.6 Å². The Morgan fingerprint density at radius 3 is 2.51 bits per heavy atom. The number of nitrogens with one attached hydrogen (secondary N) is 1. The van der Waals surface area contributed by atoms with Crippen LogP contribution in [0.1, 0.15) is 22.4 Å². The fourth-order valence-corrected chi connectivity index (χ4v) is 5.83. The van der Waals surface area contributed by atoms with Crippen LogP contribution in [0.4, 0.5) is 0 Å². The number of amidine groups is 2. The molecule has 2 aliphatic heterocycles. The summed E-state index contributed by atoms with van der Waals surface area (Å²) in [5.74, 6) is -0.480. The number of hydrazone groups is 1. The summed E-state index contributed by atoms with van der Waals surface area (Å²) in [6.45, 7) is 2.67. The van der Waals surface area contributed by atoms with Crippen LogP contribution in [0.3, 0.4) is 0 Å². The largest absolute Gasteiger partial charge is 0.340 e. The molecule has 182 valence electrons. The van der Waals surface area contributed by atoms with Crippen molar-refractivity contribution in [2.45, 2.75) is 13.5 Å². The maximum atomic E-state index is 13.1. The van der Waals surface area contributed by atoms with Gasteiger partial charge in [-0.3, -0.25) is 10.2 Å². The second-order valence-electron chi connectivity index (χ2n) is 8.63. The molecule has 1 N–H and O–H groups in total. The number of thioether (sulfide) groups is 1. The van der Waals surface area contributed by atoms with E-state index < -0.39 is 5.91 Å². The molecule has 9 heteroatoms. The Balaban J connectivity index is 1.41. The molecule has 37 heavy (non-hydrogen) atoms. The van der Waals surface area contributed by atoms with Crippen LogP contribution in [-0.4, -0.2) is 31.5 Å². The molecule has 4 aromatic rings. The van der Waals surface area contributed by atoms with Crippen LogP contribution in [0.2, 0.25) is 10.0 Å². The molecule has 6 nitrogen and oxygen atoms in total. The summed E-state index contributed by atoms with van der Waals surface area (Å²) in [6, 6.07) is 23.2. The number of amides is 1. The Morgan fingerprint density at radius 1 is 1.00 bits per heavy atom. The van der Waals surface area contributed by atoms with E-state index in [1.54, 1.807) is 12.1 Å². The number of carbonyl (C=O) groups is 1. The van der Waals surface area contributed by atoms with Gasteiger partial charge >= 0.3 is 0 Å². The van der Waals surface area contributed by atoms with Crippen molar-refractivity contribution in [2.24, 2.45) is 10.1 Å². The first kappa shape index (κ1) is 23.7. The highest BCUT2D eigenvalue weighted by Gasteiger charge is 2.36. The topological polar surface area (TPSA) is 73.8 Å². The number of carbonyl (C=O) groups excluding carboxylic acids is 1. The quantitative estimate of drug-likeness (QED) is 0.282. The van der Waals surface area contributed by atoms with E-state index in [4.69, 9.17) is 28.6 Å². The minimum absolute atomic E-state index is 0.0153. The lowest BCUT2D eigenvalue weighted by Gasteiger charge is -2.20. The van der Waals surface area contributed by atoms with Crippen LogP contribution in [0.5, 0.6) is 0 Å². The molecule has 0 saturated heterocycles. The summed E-state index contributed by atoms with van der Waals surface area (Å²) in [6.07, 6.45) is 1.76. The Morgan fingerprint density at radius 2 is 1.73 bits per heavy atom. The van der Waals surface area contributed by atoms with Crippen molar-refractivity contribution in [3.05, 3.63) is 111 Å². The SMILES string of the molecule is Cc1c(C=C2C(=N)N3N=C(c4ccccc4Cl)SC3=NC2=O)c2ccccc2n1Cc1ccc(Cl)cc1. The second kappa shape index (κ2) is 9.34. The number of aliphatic imine (C=N–C) groups is 1. The number of rotatable bonds is 4. The van der Waals surface area contributed by atoms with Crippen LogP contribution in [0.15, 0.2) is 88.5 Å². The number of hydrogen-bond acceptors (Lipinski definition) is 4. The Labute approximate surface area is 227 Å². The lowest BCUT2D eigenvalue weighted by atomic mass is 10.1. The highest BCUT2D eigenvalue weighted by atomic mass is 35.5. The third-order valence-electron chi connectivity index (χ3n) is 6.38. The van der Waals surface area contributed by atoms with E-state index in [0.29, 0.717) is 26.8 Å². The second-order valence-corrected chi connectivity index (χ2v) is 10.4. The first-order valence-corrected chi connectivity index (χ1v) is 13.1. The fraction of sp³-hybridized carbons (Fsp3) is 0.0714. The van der Waals surface area contributed by atoms with Crippen molar-refractivity contribution in [3.8, 4) is 0 Å². The molecule has 0 saturated carbocycles. The standard InChI is InChI=1S/C28H19Cl2N5OS/c1-16-21(19-6-3-5-9-24(19)34(16)15-17-10-12-18(29)13-11-17)14-22-25(31)35-28(32-26(22)36)37-27(33-35)20-7-2-4-8-23(20)30/h2-14,31H,15H2,1H3. The van der Waals surface area contributed by atoms with Gasteiger partial charge in [-0.2, -0.15) is 15.1 Å². The Kier molecular flexibility index (Phi) is 5.99. The van der Waals surface area contributed by atoms with E-state index >= 15 is 0 Å². The monoisotopic (exact) mass is 543 g/mol. The summed E-state index contributed by atoms with van der Waals surface area (Å²) in [7, 11) is 0. The number of fused-ring (bicyclic) bond motifs is 2. The predicted molar refractivity (Wildman–Crippen MR) is 153 cm³/mol. The highest BCUT2D eigenvalue weighted by molar-refractivity contribution is 8.27. The molecule has 0 atom stereocenters. The predicted octanol–water partition coefficient (Wildman–Crippen LogP) is 6.97. The third-order valence-corrected chi connectivity index (χ3v) is 7.90. The molecule has 6 rings (SSSR count). The number of benzene rings is 3. The summed E-state index contributed by atoms with van der Waals surface area (Å²) >= 11 is 13.7. The van der Waals surface area contributed by atoms with E-state index in [2.05, 4.69) is 20.7 Å². The van der Waals surface area contributed by atoms with Gasteiger partial charge in [0.1, 0.15) is 5.04 Å². The highest BCUT2D eigenvalue weighted by Crippen LogP contribution is 2.35. The van der Waals surface area contributed by atoms with Gasteiger partial charge in [-0.15, -0.1) is 0 Å². The van der Waals surface area contributed by atoms with Crippen LogP contribution in [0, 0.1) is 12.3 Å².